The van der Waals surface area contributed by atoms with Gasteiger partial charge >= 0.3 is 5.97 Å². The molecule has 1 amide bonds. The molecule has 2 aromatic carbocycles. The molecular weight excluding hydrogens is 368 g/mol. The van der Waals surface area contributed by atoms with E-state index in [1.54, 1.807) is 6.07 Å². The minimum Gasteiger partial charge on any atom is -0.479 e. The number of rotatable bonds is 6. The molecule has 29 heavy (non-hydrogen) atoms. The number of likely N-dealkylation sites (N-methyl/N-ethyl adjacent to an activating group) is 2. The van der Waals surface area contributed by atoms with Gasteiger partial charge in [-0.05, 0) is 38.4 Å². The number of carbonyl (C=O) groups is 2. The number of esters is 1. The van der Waals surface area contributed by atoms with Crippen molar-refractivity contribution >= 4 is 22.6 Å². The third-order valence-electron chi connectivity index (χ3n) is 5.69. The summed E-state index contributed by atoms with van der Waals surface area (Å²) in [6.07, 6.45) is 4.42. The average Bonchev–Trinajstić information content (AvgIpc) is 2.71. The van der Waals surface area contributed by atoms with E-state index in [1.165, 1.54) is 13.3 Å². The van der Waals surface area contributed by atoms with Gasteiger partial charge in [-0.3, -0.25) is 9.59 Å². The monoisotopic (exact) mass is 398 g/mol. The van der Waals surface area contributed by atoms with Crippen LogP contribution in [0.1, 0.15) is 32.6 Å². The molecule has 1 aliphatic carbocycles. The van der Waals surface area contributed by atoms with Gasteiger partial charge in [0.2, 0.25) is 0 Å². The van der Waals surface area contributed by atoms with Crippen molar-refractivity contribution < 1.29 is 19.1 Å². The van der Waals surface area contributed by atoms with Gasteiger partial charge in [0.25, 0.3) is 5.91 Å². The highest BCUT2D eigenvalue weighted by Gasteiger charge is 2.32. The van der Waals surface area contributed by atoms with Gasteiger partial charge in [-0.25, -0.2) is 0 Å². The van der Waals surface area contributed by atoms with Gasteiger partial charge < -0.3 is 19.3 Å². The molecule has 0 radical (unpaired) electrons. The Kier molecular flexibility index (Phi) is 6.75. The predicted octanol–water partition coefficient (Wildman–Crippen LogP) is 3.48. The summed E-state index contributed by atoms with van der Waals surface area (Å²) in [6, 6.07) is 11.8. The zero-order valence-electron chi connectivity index (χ0n) is 17.7. The molecule has 1 saturated carbocycles. The Morgan fingerprint density at radius 3 is 2.38 bits per heavy atom. The van der Waals surface area contributed by atoms with Crippen LogP contribution in [-0.4, -0.2) is 61.5 Å². The highest BCUT2D eigenvalue weighted by Crippen LogP contribution is 2.36. The molecule has 0 aliphatic heterocycles. The summed E-state index contributed by atoms with van der Waals surface area (Å²) in [4.78, 5) is 28.5. The van der Waals surface area contributed by atoms with E-state index in [-0.39, 0.29) is 18.6 Å². The Labute approximate surface area is 172 Å². The molecule has 0 aromatic heterocycles. The van der Waals surface area contributed by atoms with Crippen molar-refractivity contribution in [3.63, 3.8) is 0 Å². The first kappa shape index (κ1) is 21.1. The van der Waals surface area contributed by atoms with Gasteiger partial charge in [-0.1, -0.05) is 43.2 Å². The highest BCUT2D eigenvalue weighted by atomic mass is 16.6. The second-order valence-corrected chi connectivity index (χ2v) is 7.88. The summed E-state index contributed by atoms with van der Waals surface area (Å²) in [5.74, 6) is 0.249. The van der Waals surface area contributed by atoms with Crippen molar-refractivity contribution in [2.24, 2.45) is 0 Å². The minimum absolute atomic E-state index is 0.0783. The molecule has 0 heterocycles. The van der Waals surface area contributed by atoms with Gasteiger partial charge in [-0.2, -0.15) is 0 Å². The van der Waals surface area contributed by atoms with E-state index in [9.17, 15) is 9.59 Å². The highest BCUT2D eigenvalue weighted by molar-refractivity contribution is 5.92. The minimum atomic E-state index is -0.426. The molecule has 2 aromatic rings. The fourth-order valence-electron chi connectivity index (χ4n) is 4.17. The van der Waals surface area contributed by atoms with E-state index in [4.69, 9.17) is 9.47 Å². The maximum absolute atomic E-state index is 12.9. The smallest absolute Gasteiger partial charge is 0.308 e. The van der Waals surface area contributed by atoms with Crippen molar-refractivity contribution in [2.75, 3.05) is 27.7 Å². The molecule has 0 N–H and O–H groups in total. The first-order valence-corrected chi connectivity index (χ1v) is 10.1. The number of nitrogens with zero attached hydrogens (tertiary/aromatic N) is 2. The van der Waals surface area contributed by atoms with Crippen LogP contribution in [0.5, 0.6) is 11.5 Å². The normalized spacial score (nSPS) is 19.2. The second kappa shape index (κ2) is 9.27. The van der Waals surface area contributed by atoms with Crippen molar-refractivity contribution in [3.05, 3.63) is 36.4 Å². The number of benzene rings is 2. The summed E-state index contributed by atoms with van der Waals surface area (Å²) in [6.45, 7) is 1.25. The van der Waals surface area contributed by atoms with Gasteiger partial charge in [0.05, 0.1) is 0 Å². The molecule has 3 rings (SSSR count). The number of fused-ring (bicyclic) bond motifs is 1. The van der Waals surface area contributed by atoms with Crippen molar-refractivity contribution in [1.82, 2.24) is 9.80 Å². The van der Waals surface area contributed by atoms with Crippen molar-refractivity contribution in [3.8, 4) is 11.5 Å². The molecule has 1 fully saturated rings. The number of hydrogen-bond acceptors (Lipinski definition) is 5. The predicted molar refractivity (Wildman–Crippen MR) is 113 cm³/mol. The van der Waals surface area contributed by atoms with Crippen LogP contribution in [0.2, 0.25) is 0 Å². The van der Waals surface area contributed by atoms with Crippen molar-refractivity contribution in [1.29, 1.82) is 0 Å². The third kappa shape index (κ3) is 4.88. The Bertz CT molecular complexity index is 880. The number of carbonyl (C=O) groups excluding carboxylic acids is 2. The third-order valence-corrected chi connectivity index (χ3v) is 5.69. The summed E-state index contributed by atoms with van der Waals surface area (Å²) in [7, 11) is 5.99. The van der Waals surface area contributed by atoms with E-state index in [1.807, 2.05) is 42.3 Å². The quantitative estimate of drug-likeness (QED) is 0.551. The topological polar surface area (TPSA) is 59.1 Å². The van der Waals surface area contributed by atoms with Gasteiger partial charge in [-0.15, -0.1) is 0 Å². The van der Waals surface area contributed by atoms with Crippen LogP contribution >= 0.6 is 0 Å². The van der Waals surface area contributed by atoms with Crippen LogP contribution < -0.4 is 9.47 Å². The SMILES string of the molecule is CC(=O)Oc1ccc2ccccc2c1OCC(=O)N(C)[C@@H]1CCCC[C@H]1N(C)C. The van der Waals surface area contributed by atoms with Gasteiger partial charge in [0.1, 0.15) is 0 Å². The Morgan fingerprint density at radius 2 is 1.69 bits per heavy atom. The molecule has 0 unspecified atom stereocenters. The number of hydrogen-bond donors (Lipinski definition) is 0. The second-order valence-electron chi connectivity index (χ2n) is 7.88. The molecule has 0 bridgehead atoms. The number of amides is 1. The zero-order valence-corrected chi connectivity index (χ0v) is 17.7. The van der Waals surface area contributed by atoms with Gasteiger partial charge in [0, 0.05) is 31.4 Å². The van der Waals surface area contributed by atoms with E-state index in [0.29, 0.717) is 17.5 Å². The first-order valence-electron chi connectivity index (χ1n) is 10.1. The Morgan fingerprint density at radius 1 is 1.00 bits per heavy atom. The number of ether oxygens (including phenoxy) is 2. The van der Waals surface area contributed by atoms with Crippen LogP contribution in [-0.2, 0) is 9.59 Å². The lowest BCUT2D eigenvalue weighted by atomic mass is 9.88. The summed E-state index contributed by atoms with van der Waals surface area (Å²) >= 11 is 0. The first-order chi connectivity index (χ1) is 13.9. The van der Waals surface area contributed by atoms with E-state index >= 15 is 0 Å². The van der Waals surface area contributed by atoms with E-state index < -0.39 is 5.97 Å². The zero-order chi connectivity index (χ0) is 21.0. The molecule has 6 heteroatoms. The Hall–Kier alpha value is -2.60. The maximum Gasteiger partial charge on any atom is 0.308 e. The molecular formula is C23H30N2O4. The van der Waals surface area contributed by atoms with Crippen LogP contribution in [0.15, 0.2) is 36.4 Å². The fourth-order valence-corrected chi connectivity index (χ4v) is 4.17. The molecule has 0 saturated heterocycles. The van der Waals surface area contributed by atoms with Gasteiger partial charge in [0.15, 0.2) is 18.1 Å². The summed E-state index contributed by atoms with van der Waals surface area (Å²) < 4.78 is 11.3. The van der Waals surface area contributed by atoms with Crippen LogP contribution in [0.3, 0.4) is 0 Å². The van der Waals surface area contributed by atoms with Crippen LogP contribution in [0.4, 0.5) is 0 Å². The molecule has 2 atom stereocenters. The van der Waals surface area contributed by atoms with Crippen molar-refractivity contribution in [2.45, 2.75) is 44.7 Å². The van der Waals surface area contributed by atoms with E-state index in [2.05, 4.69) is 19.0 Å². The summed E-state index contributed by atoms with van der Waals surface area (Å²) in [5, 5.41) is 1.77. The molecule has 1 aliphatic rings. The van der Waals surface area contributed by atoms with Crippen LogP contribution in [0.25, 0.3) is 10.8 Å². The lowest BCUT2D eigenvalue weighted by molar-refractivity contribution is -0.136. The Balaban J connectivity index is 1.78. The molecule has 0 spiro atoms. The fraction of sp³-hybridized carbons (Fsp3) is 0.478. The lowest BCUT2D eigenvalue weighted by Gasteiger charge is -2.41. The largest absolute Gasteiger partial charge is 0.479 e. The van der Waals surface area contributed by atoms with Crippen LogP contribution in [0, 0.1) is 0 Å². The van der Waals surface area contributed by atoms with E-state index in [0.717, 1.165) is 30.0 Å². The standard InChI is InChI=1S/C23H30N2O4/c1-16(26)29-21-14-13-17-9-5-6-10-18(17)23(21)28-15-22(27)25(4)20-12-8-7-11-19(20)24(2)3/h5-6,9-10,13-14,19-20H,7-8,11-12,15H2,1-4H3/t19-,20-/m1/s1. The lowest BCUT2D eigenvalue weighted by Crippen LogP contribution is -2.52. The average molecular weight is 399 g/mol. The molecule has 156 valence electrons. The molecule has 6 nitrogen and oxygen atoms in total. The maximum atomic E-state index is 12.9. The summed E-state index contributed by atoms with van der Waals surface area (Å²) in [5.41, 5.74) is 0.